The van der Waals surface area contributed by atoms with Gasteiger partial charge in [0.15, 0.2) is 0 Å². The molecule has 0 amide bonds. The number of hydrogen-bond acceptors (Lipinski definition) is 3. The number of halogens is 2. The number of ether oxygens (including phenoxy) is 1. The minimum Gasteiger partial charge on any atom is -0.360 e. The monoisotopic (exact) mass is 522 g/mol. The highest BCUT2D eigenvalue weighted by atomic mass is 79.9. The van der Waals surface area contributed by atoms with Crippen LogP contribution >= 0.6 is 31.9 Å². The summed E-state index contributed by atoms with van der Waals surface area (Å²) >= 11 is 6.96. The van der Waals surface area contributed by atoms with Gasteiger partial charge in [-0.2, -0.15) is 10.2 Å². The summed E-state index contributed by atoms with van der Waals surface area (Å²) in [6.45, 7) is 8.42. The molecule has 0 saturated carbocycles. The van der Waals surface area contributed by atoms with Crippen LogP contribution in [0.15, 0.2) is 57.7 Å². The van der Waals surface area contributed by atoms with Crippen LogP contribution in [0, 0.1) is 0 Å². The third-order valence-electron chi connectivity index (χ3n) is 4.25. The van der Waals surface area contributed by atoms with Crippen molar-refractivity contribution < 1.29 is 4.74 Å². The minimum atomic E-state index is -1.01. The lowest BCUT2D eigenvalue weighted by molar-refractivity contribution is 0.0816. The number of fused-ring (bicyclic) bond motifs is 2. The number of aromatic amines is 1. The van der Waals surface area contributed by atoms with Gasteiger partial charge in [-0.15, -0.1) is 0 Å². The van der Waals surface area contributed by atoms with Crippen molar-refractivity contribution in [3.8, 4) is 0 Å². The van der Waals surface area contributed by atoms with Crippen LogP contribution in [-0.4, -0.2) is 34.7 Å². The summed E-state index contributed by atoms with van der Waals surface area (Å²) in [6, 6.07) is 13.3. The lowest BCUT2D eigenvalue weighted by atomic mass is 10.3. The molecule has 5 nitrogen and oxygen atoms in total. The van der Waals surface area contributed by atoms with Gasteiger partial charge >= 0.3 is 0 Å². The summed E-state index contributed by atoms with van der Waals surface area (Å²) in [7, 11) is -1.01. The summed E-state index contributed by atoms with van der Waals surface area (Å²) in [5.41, 5.74) is 2.16. The summed E-state index contributed by atoms with van der Waals surface area (Å²) in [6.07, 6.45) is 3.68. The Balaban J connectivity index is 0.000000188. The highest BCUT2D eigenvalue weighted by molar-refractivity contribution is 9.11. The van der Waals surface area contributed by atoms with Crippen molar-refractivity contribution >= 4 is 61.7 Å². The standard InChI is InChI=1S/C13H19BrN2OSi.C7H5BrN2/c1-18(2,3)8-7-17-10-16-13-11(9-15-16)5-4-6-12(13)14;8-6-3-1-2-5-4-9-10-7(5)6/h4-6,9H,7-8,10H2,1-3H3;1-4H,(H,9,10). The van der Waals surface area contributed by atoms with Crippen molar-refractivity contribution in [2.45, 2.75) is 32.4 Å². The minimum absolute atomic E-state index is 0.524. The number of rotatable bonds is 5. The number of nitrogens with zero attached hydrogens (tertiary/aromatic N) is 3. The number of hydrogen-bond donors (Lipinski definition) is 1. The van der Waals surface area contributed by atoms with E-state index in [0.717, 1.165) is 37.4 Å². The average molecular weight is 524 g/mol. The molecule has 0 spiro atoms. The first-order valence-electron chi connectivity index (χ1n) is 9.10. The van der Waals surface area contributed by atoms with Crippen molar-refractivity contribution in [3.63, 3.8) is 0 Å². The molecule has 0 atom stereocenters. The van der Waals surface area contributed by atoms with Crippen LogP contribution < -0.4 is 0 Å². The van der Waals surface area contributed by atoms with Crippen LogP contribution in [-0.2, 0) is 11.5 Å². The van der Waals surface area contributed by atoms with Gasteiger partial charge in [0.25, 0.3) is 0 Å². The van der Waals surface area contributed by atoms with Gasteiger partial charge in [-0.25, -0.2) is 4.68 Å². The Hall–Kier alpha value is -1.48. The fraction of sp³-hybridized carbons (Fsp3) is 0.300. The molecule has 2 aromatic heterocycles. The second-order valence-corrected chi connectivity index (χ2v) is 15.1. The van der Waals surface area contributed by atoms with Crippen LogP contribution in [0.5, 0.6) is 0 Å². The maximum absolute atomic E-state index is 5.73. The van der Waals surface area contributed by atoms with E-state index in [0.29, 0.717) is 6.73 Å². The summed E-state index contributed by atoms with van der Waals surface area (Å²) in [5.74, 6) is 0. The molecule has 0 unspecified atom stereocenters. The molecule has 0 aliphatic rings. The van der Waals surface area contributed by atoms with Crippen LogP contribution in [0.3, 0.4) is 0 Å². The topological polar surface area (TPSA) is 55.7 Å². The first-order chi connectivity index (χ1) is 13.3. The van der Waals surface area contributed by atoms with E-state index in [1.807, 2.05) is 41.2 Å². The maximum atomic E-state index is 5.73. The van der Waals surface area contributed by atoms with E-state index in [9.17, 15) is 0 Å². The van der Waals surface area contributed by atoms with Gasteiger partial charge in [0.1, 0.15) is 6.73 Å². The fourth-order valence-electron chi connectivity index (χ4n) is 2.66. The zero-order valence-corrected chi connectivity index (χ0v) is 20.4. The van der Waals surface area contributed by atoms with E-state index < -0.39 is 8.07 Å². The molecule has 28 heavy (non-hydrogen) atoms. The second kappa shape index (κ2) is 9.34. The number of H-pyrrole nitrogens is 1. The van der Waals surface area contributed by atoms with Gasteiger partial charge < -0.3 is 4.74 Å². The van der Waals surface area contributed by atoms with E-state index >= 15 is 0 Å². The third kappa shape index (κ3) is 5.53. The van der Waals surface area contributed by atoms with Gasteiger partial charge in [-0.1, -0.05) is 43.9 Å². The van der Waals surface area contributed by atoms with Crippen LogP contribution in [0.2, 0.25) is 25.7 Å². The molecule has 1 N–H and O–H groups in total. The third-order valence-corrected chi connectivity index (χ3v) is 7.25. The Labute approximate surface area is 182 Å². The van der Waals surface area contributed by atoms with E-state index in [2.05, 4.69) is 72.9 Å². The van der Waals surface area contributed by atoms with Crippen molar-refractivity contribution in [3.05, 3.63) is 57.7 Å². The van der Waals surface area contributed by atoms with Gasteiger partial charge in [-0.3, -0.25) is 5.10 Å². The molecule has 0 aliphatic carbocycles. The van der Waals surface area contributed by atoms with E-state index in [1.165, 1.54) is 6.04 Å². The Kier molecular flexibility index (Phi) is 7.08. The summed E-state index contributed by atoms with van der Waals surface area (Å²) in [5, 5.41) is 13.4. The summed E-state index contributed by atoms with van der Waals surface area (Å²) in [4.78, 5) is 0. The fourth-order valence-corrected chi connectivity index (χ4v) is 4.47. The first-order valence-corrected chi connectivity index (χ1v) is 14.4. The molecule has 4 aromatic rings. The zero-order valence-electron chi connectivity index (χ0n) is 16.2. The number of para-hydroxylation sites is 2. The van der Waals surface area contributed by atoms with E-state index in [1.54, 1.807) is 6.20 Å². The molecule has 4 rings (SSSR count). The molecule has 0 fully saturated rings. The molecule has 0 bridgehead atoms. The highest BCUT2D eigenvalue weighted by Crippen LogP contribution is 2.23. The molecule has 0 radical (unpaired) electrons. The van der Waals surface area contributed by atoms with Gasteiger partial charge in [-0.05, 0) is 50.0 Å². The number of aromatic nitrogens is 4. The van der Waals surface area contributed by atoms with Crippen molar-refractivity contribution in [2.75, 3.05) is 6.61 Å². The van der Waals surface area contributed by atoms with Crippen LogP contribution in [0.4, 0.5) is 0 Å². The first kappa shape index (κ1) is 21.2. The lowest BCUT2D eigenvalue weighted by Crippen LogP contribution is -2.22. The average Bonchev–Trinajstić information content (AvgIpc) is 3.27. The molecular formula is C20H24Br2N4OSi. The van der Waals surface area contributed by atoms with Gasteiger partial charge in [0, 0.05) is 34.4 Å². The van der Waals surface area contributed by atoms with E-state index in [-0.39, 0.29) is 0 Å². The van der Waals surface area contributed by atoms with Crippen LogP contribution in [0.1, 0.15) is 0 Å². The van der Waals surface area contributed by atoms with Crippen LogP contribution in [0.25, 0.3) is 21.8 Å². The Morgan fingerprint density at radius 2 is 1.71 bits per heavy atom. The van der Waals surface area contributed by atoms with Gasteiger partial charge in [0.2, 0.25) is 0 Å². The predicted molar refractivity (Wildman–Crippen MR) is 125 cm³/mol. The molecule has 2 heterocycles. The van der Waals surface area contributed by atoms with Crippen molar-refractivity contribution in [2.24, 2.45) is 0 Å². The molecule has 0 aliphatic heterocycles. The molecule has 0 saturated heterocycles. The predicted octanol–water partition coefficient (Wildman–Crippen LogP) is 6.44. The largest absolute Gasteiger partial charge is 0.360 e. The second-order valence-electron chi connectivity index (χ2n) is 7.74. The molecule has 8 heteroatoms. The maximum Gasteiger partial charge on any atom is 0.140 e. The quantitative estimate of drug-likeness (QED) is 0.242. The van der Waals surface area contributed by atoms with Gasteiger partial charge in [0.05, 0.1) is 23.4 Å². The normalized spacial score (nSPS) is 11.6. The van der Waals surface area contributed by atoms with Crippen molar-refractivity contribution in [1.82, 2.24) is 20.0 Å². The molecular weight excluding hydrogens is 500 g/mol. The number of benzene rings is 2. The SMILES string of the molecule is Brc1cccc2cn[nH]c12.C[Si](C)(C)CCOCn1ncc2cccc(Br)c21. The smallest absolute Gasteiger partial charge is 0.140 e. The molecule has 2 aromatic carbocycles. The van der Waals surface area contributed by atoms with E-state index in [4.69, 9.17) is 4.74 Å². The Morgan fingerprint density at radius 1 is 1.00 bits per heavy atom. The highest BCUT2D eigenvalue weighted by Gasteiger charge is 2.12. The summed E-state index contributed by atoms with van der Waals surface area (Å²) < 4.78 is 9.76. The molecule has 148 valence electrons. The lowest BCUT2D eigenvalue weighted by Gasteiger charge is -2.15. The zero-order chi connectivity index (χ0) is 20.1. The Bertz CT molecular complexity index is 1060. The number of nitrogens with one attached hydrogen (secondary N) is 1. The Morgan fingerprint density at radius 3 is 2.43 bits per heavy atom. The van der Waals surface area contributed by atoms with Crippen molar-refractivity contribution in [1.29, 1.82) is 0 Å².